The van der Waals surface area contributed by atoms with Crippen LogP contribution < -0.4 is 0 Å². The fraction of sp³-hybridized carbons (Fsp3) is 0.500. The first-order chi connectivity index (χ1) is 9.22. The average Bonchev–Trinajstić information content (AvgIpc) is 3.03. The molecule has 0 aliphatic carbocycles. The molecule has 0 aliphatic heterocycles. The minimum Gasteiger partial charge on any atom is -0.139 e. The van der Waals surface area contributed by atoms with Crippen molar-refractivity contribution in [3.63, 3.8) is 0 Å². The van der Waals surface area contributed by atoms with Crippen molar-refractivity contribution in [2.24, 2.45) is 5.92 Å². The summed E-state index contributed by atoms with van der Waals surface area (Å²) in [5.41, 5.74) is 0. The molecule has 2 heterocycles. The maximum atomic E-state index is 3.54. The standard InChI is InChI=1S/C16H21BrS2/c1-3-5-6-12(4-2)11-13-7-8-14(18-13)15-9-10-16(17)19-15/h7-10,12H,3-6,11H2,1-2H3. The molecule has 3 heteroatoms. The molecule has 0 nitrogen and oxygen atoms in total. The smallest absolute Gasteiger partial charge is 0.0705 e. The van der Waals surface area contributed by atoms with E-state index in [4.69, 9.17) is 0 Å². The van der Waals surface area contributed by atoms with Crippen LogP contribution in [0.25, 0.3) is 9.75 Å². The van der Waals surface area contributed by atoms with Crippen molar-refractivity contribution < 1.29 is 0 Å². The highest BCUT2D eigenvalue weighted by Gasteiger charge is 2.10. The van der Waals surface area contributed by atoms with E-state index in [0.717, 1.165) is 5.92 Å². The Balaban J connectivity index is 2.00. The maximum Gasteiger partial charge on any atom is 0.0705 e. The van der Waals surface area contributed by atoms with Crippen LogP contribution in [0, 0.1) is 5.92 Å². The van der Waals surface area contributed by atoms with Crippen molar-refractivity contribution in [3.05, 3.63) is 32.9 Å². The summed E-state index contributed by atoms with van der Waals surface area (Å²) in [5, 5.41) is 0. The van der Waals surface area contributed by atoms with Crippen molar-refractivity contribution in [3.8, 4) is 9.75 Å². The Labute approximate surface area is 133 Å². The topological polar surface area (TPSA) is 0 Å². The van der Waals surface area contributed by atoms with Crippen LogP contribution in [0.3, 0.4) is 0 Å². The Hall–Kier alpha value is -0.120. The number of halogens is 1. The second-order valence-corrected chi connectivity index (χ2v) is 8.62. The van der Waals surface area contributed by atoms with Gasteiger partial charge < -0.3 is 0 Å². The van der Waals surface area contributed by atoms with E-state index in [0.29, 0.717) is 0 Å². The number of hydrogen-bond donors (Lipinski definition) is 0. The van der Waals surface area contributed by atoms with Crippen LogP contribution in [0.4, 0.5) is 0 Å². The van der Waals surface area contributed by atoms with Crippen molar-refractivity contribution in [1.29, 1.82) is 0 Å². The van der Waals surface area contributed by atoms with E-state index < -0.39 is 0 Å². The molecule has 2 aromatic rings. The SMILES string of the molecule is CCCCC(CC)Cc1ccc(-c2ccc(Br)s2)s1. The zero-order valence-corrected chi connectivity index (χ0v) is 14.8. The quantitative estimate of drug-likeness (QED) is 0.500. The van der Waals surface area contributed by atoms with E-state index >= 15 is 0 Å². The van der Waals surface area contributed by atoms with Crippen molar-refractivity contribution >= 4 is 38.6 Å². The molecule has 0 aromatic carbocycles. The van der Waals surface area contributed by atoms with Gasteiger partial charge in [-0.2, -0.15) is 0 Å². The third-order valence-electron chi connectivity index (χ3n) is 3.51. The molecule has 104 valence electrons. The first-order valence-electron chi connectivity index (χ1n) is 7.07. The highest BCUT2D eigenvalue weighted by molar-refractivity contribution is 9.11. The second kappa shape index (κ2) is 7.61. The van der Waals surface area contributed by atoms with E-state index in [1.54, 1.807) is 4.88 Å². The molecule has 0 bridgehead atoms. The number of unbranched alkanes of at least 4 members (excludes halogenated alkanes) is 1. The summed E-state index contributed by atoms with van der Waals surface area (Å²) in [6, 6.07) is 8.95. The van der Waals surface area contributed by atoms with Gasteiger partial charge in [0.1, 0.15) is 0 Å². The highest BCUT2D eigenvalue weighted by Crippen LogP contribution is 2.36. The lowest BCUT2D eigenvalue weighted by molar-refractivity contribution is 0.452. The summed E-state index contributed by atoms with van der Waals surface area (Å²) >= 11 is 7.33. The van der Waals surface area contributed by atoms with Gasteiger partial charge in [0, 0.05) is 14.6 Å². The Morgan fingerprint density at radius 3 is 2.42 bits per heavy atom. The van der Waals surface area contributed by atoms with Crippen LogP contribution in [0.2, 0.25) is 0 Å². The predicted octanol–water partition coefficient (Wildman–Crippen LogP) is 7.00. The van der Waals surface area contributed by atoms with E-state index in [-0.39, 0.29) is 0 Å². The molecule has 2 rings (SSSR count). The number of hydrogen-bond acceptors (Lipinski definition) is 2. The van der Waals surface area contributed by atoms with Crippen molar-refractivity contribution in [2.75, 3.05) is 0 Å². The van der Waals surface area contributed by atoms with Gasteiger partial charge in [-0.05, 0) is 52.5 Å². The minimum atomic E-state index is 0.863. The lowest BCUT2D eigenvalue weighted by Crippen LogP contribution is -2.01. The largest absolute Gasteiger partial charge is 0.139 e. The lowest BCUT2D eigenvalue weighted by atomic mass is 9.95. The molecule has 1 unspecified atom stereocenters. The first kappa shape index (κ1) is 15.3. The van der Waals surface area contributed by atoms with Gasteiger partial charge in [0.25, 0.3) is 0 Å². The van der Waals surface area contributed by atoms with Gasteiger partial charge in [0.15, 0.2) is 0 Å². The molecule has 0 spiro atoms. The molecule has 0 aliphatic rings. The molecular weight excluding hydrogens is 336 g/mol. The summed E-state index contributed by atoms with van der Waals surface area (Å²) in [6.07, 6.45) is 6.63. The lowest BCUT2D eigenvalue weighted by Gasteiger charge is -2.12. The molecule has 19 heavy (non-hydrogen) atoms. The van der Waals surface area contributed by atoms with E-state index in [1.165, 1.54) is 45.6 Å². The summed E-state index contributed by atoms with van der Waals surface area (Å²) in [6.45, 7) is 4.61. The van der Waals surface area contributed by atoms with E-state index in [9.17, 15) is 0 Å². The molecule has 0 saturated heterocycles. The zero-order valence-electron chi connectivity index (χ0n) is 11.6. The molecule has 0 radical (unpaired) electrons. The Morgan fingerprint density at radius 1 is 1.05 bits per heavy atom. The third kappa shape index (κ3) is 4.44. The van der Waals surface area contributed by atoms with Crippen LogP contribution in [0.1, 0.15) is 44.4 Å². The summed E-state index contributed by atoms with van der Waals surface area (Å²) < 4.78 is 1.21. The molecule has 1 atom stereocenters. The maximum absolute atomic E-state index is 3.54. The highest BCUT2D eigenvalue weighted by atomic mass is 79.9. The molecule has 2 aromatic heterocycles. The van der Waals surface area contributed by atoms with Gasteiger partial charge in [0.05, 0.1) is 3.79 Å². The normalized spacial score (nSPS) is 12.8. The summed E-state index contributed by atoms with van der Waals surface area (Å²) in [7, 11) is 0. The number of thiophene rings is 2. The van der Waals surface area contributed by atoms with Crippen LogP contribution in [-0.2, 0) is 6.42 Å². The zero-order chi connectivity index (χ0) is 13.7. The first-order valence-corrected chi connectivity index (χ1v) is 9.50. The minimum absolute atomic E-state index is 0.863. The second-order valence-electron chi connectivity index (χ2n) is 4.99. The Bertz CT molecular complexity index is 498. The third-order valence-corrected chi connectivity index (χ3v) is 6.44. The van der Waals surface area contributed by atoms with E-state index in [1.807, 2.05) is 22.7 Å². The molecule has 0 saturated carbocycles. The van der Waals surface area contributed by atoms with Crippen molar-refractivity contribution in [2.45, 2.75) is 46.0 Å². The van der Waals surface area contributed by atoms with Crippen LogP contribution >= 0.6 is 38.6 Å². The van der Waals surface area contributed by atoms with Gasteiger partial charge in [-0.1, -0.05) is 39.5 Å². The van der Waals surface area contributed by atoms with Crippen LogP contribution in [-0.4, -0.2) is 0 Å². The molecule has 0 fully saturated rings. The Kier molecular flexibility index (Phi) is 6.11. The average molecular weight is 357 g/mol. The van der Waals surface area contributed by atoms with Crippen LogP contribution in [0.15, 0.2) is 28.1 Å². The Morgan fingerprint density at radius 2 is 1.79 bits per heavy atom. The van der Waals surface area contributed by atoms with Gasteiger partial charge in [-0.15, -0.1) is 22.7 Å². The fourth-order valence-corrected chi connectivity index (χ4v) is 4.89. The van der Waals surface area contributed by atoms with Gasteiger partial charge in [0.2, 0.25) is 0 Å². The van der Waals surface area contributed by atoms with Gasteiger partial charge in [-0.3, -0.25) is 0 Å². The molecular formula is C16H21BrS2. The van der Waals surface area contributed by atoms with Crippen LogP contribution in [0.5, 0.6) is 0 Å². The van der Waals surface area contributed by atoms with E-state index in [2.05, 4.69) is 54.0 Å². The monoisotopic (exact) mass is 356 g/mol. The predicted molar refractivity (Wildman–Crippen MR) is 92.3 cm³/mol. The molecule has 0 amide bonds. The summed E-state index contributed by atoms with van der Waals surface area (Å²) in [5.74, 6) is 0.863. The molecule has 0 N–H and O–H groups in total. The number of rotatable bonds is 7. The van der Waals surface area contributed by atoms with Gasteiger partial charge >= 0.3 is 0 Å². The summed E-state index contributed by atoms with van der Waals surface area (Å²) in [4.78, 5) is 4.34. The van der Waals surface area contributed by atoms with Crippen molar-refractivity contribution in [1.82, 2.24) is 0 Å². The fourth-order valence-electron chi connectivity index (χ4n) is 2.29. The van der Waals surface area contributed by atoms with Gasteiger partial charge in [-0.25, -0.2) is 0 Å².